The topological polar surface area (TPSA) is 59.4 Å². The van der Waals surface area contributed by atoms with Crippen LogP contribution < -0.4 is 0 Å². The Hall–Kier alpha value is -8.99. The smallest absolute Gasteiger partial charge is 0.126 e. The Morgan fingerprint density at radius 1 is 0.364 bits per heavy atom. The lowest BCUT2D eigenvalue weighted by molar-refractivity contribution is 0.584. The molecule has 66 heavy (non-hydrogen) atoms. The third-order valence-electron chi connectivity index (χ3n) is 12.5. The zero-order chi connectivity index (χ0) is 44.3. The molecule has 5 nitrogen and oxygen atoms in total. The standard InChI is InChI=1S/C59H35F2N5/c60-42-31-41(32-43(61)35-42)44-29-30-56(65-54-23-9-7-17-45(54)47-27-25-39(33-57(47)65)52-21-11-19-50(63-52)37-13-3-1-4-14-37)49(36-62)59(44)66-55-24-10-8-18-46(55)48-28-26-40(34-58(48)66)53-22-12-20-51(64-53)38-15-5-2-6-16-38/h1-35H. The monoisotopic (exact) mass is 851 g/mol. The lowest BCUT2D eigenvalue weighted by Crippen LogP contribution is -2.06. The zero-order valence-electron chi connectivity index (χ0n) is 35.2. The summed E-state index contributed by atoms with van der Waals surface area (Å²) >= 11 is 0. The van der Waals surface area contributed by atoms with E-state index < -0.39 is 11.6 Å². The van der Waals surface area contributed by atoms with E-state index in [4.69, 9.17) is 9.97 Å². The van der Waals surface area contributed by atoms with Crippen LogP contribution in [0.25, 0.3) is 111 Å². The van der Waals surface area contributed by atoms with Gasteiger partial charge in [0.15, 0.2) is 0 Å². The van der Waals surface area contributed by atoms with Crippen molar-refractivity contribution in [3.8, 4) is 73.6 Å². The predicted octanol–water partition coefficient (Wildman–Crippen LogP) is 15.2. The van der Waals surface area contributed by atoms with Crippen LogP contribution in [0.1, 0.15) is 5.56 Å². The molecule has 4 aromatic heterocycles. The molecule has 0 amide bonds. The molecule has 0 saturated heterocycles. The van der Waals surface area contributed by atoms with E-state index in [2.05, 4.69) is 69.8 Å². The molecule has 0 radical (unpaired) electrons. The van der Waals surface area contributed by atoms with E-state index in [0.29, 0.717) is 28.1 Å². The van der Waals surface area contributed by atoms with Gasteiger partial charge in [0.2, 0.25) is 0 Å². The van der Waals surface area contributed by atoms with Gasteiger partial charge in [-0.3, -0.25) is 0 Å². The van der Waals surface area contributed by atoms with Crippen molar-refractivity contribution in [3.63, 3.8) is 0 Å². The summed E-state index contributed by atoms with van der Waals surface area (Å²) < 4.78 is 34.8. The van der Waals surface area contributed by atoms with E-state index in [1.165, 1.54) is 12.1 Å². The quantitative estimate of drug-likeness (QED) is 0.160. The Morgan fingerprint density at radius 2 is 0.818 bits per heavy atom. The van der Waals surface area contributed by atoms with Gasteiger partial charge in [0, 0.05) is 55.4 Å². The van der Waals surface area contributed by atoms with Crippen molar-refractivity contribution in [1.82, 2.24) is 19.1 Å². The Kier molecular flexibility index (Phi) is 9.18. The van der Waals surface area contributed by atoms with Crippen molar-refractivity contribution in [3.05, 3.63) is 230 Å². The number of halogens is 2. The van der Waals surface area contributed by atoms with Crippen LogP contribution in [-0.4, -0.2) is 19.1 Å². The van der Waals surface area contributed by atoms with Gasteiger partial charge in [-0.15, -0.1) is 0 Å². The SMILES string of the molecule is N#Cc1c(-n2c3ccccc3c3ccc(-c4cccc(-c5ccccc5)n4)cc32)ccc(-c2cc(F)cc(F)c2)c1-n1c2ccccc2c2ccc(-c3cccc(-c4ccccc4)n3)cc21. The maximum Gasteiger partial charge on any atom is 0.126 e. The highest BCUT2D eigenvalue weighted by molar-refractivity contribution is 6.12. The maximum atomic E-state index is 15.3. The molecule has 0 aliphatic carbocycles. The molecular weight excluding hydrogens is 817 g/mol. The number of nitrogens with zero attached hydrogens (tertiary/aromatic N) is 5. The van der Waals surface area contributed by atoms with Crippen LogP contribution in [0, 0.1) is 23.0 Å². The van der Waals surface area contributed by atoms with Crippen LogP contribution >= 0.6 is 0 Å². The van der Waals surface area contributed by atoms with Crippen molar-refractivity contribution < 1.29 is 8.78 Å². The van der Waals surface area contributed by atoms with Crippen molar-refractivity contribution in [1.29, 1.82) is 5.26 Å². The largest absolute Gasteiger partial charge is 0.308 e. The Bertz CT molecular complexity index is 3900. The molecule has 7 heteroatoms. The molecule has 0 aliphatic heterocycles. The average Bonchev–Trinajstić information content (AvgIpc) is 3.88. The van der Waals surface area contributed by atoms with Crippen molar-refractivity contribution in [2.24, 2.45) is 0 Å². The van der Waals surface area contributed by atoms with Gasteiger partial charge in [-0.1, -0.05) is 140 Å². The summed E-state index contributed by atoms with van der Waals surface area (Å²) in [6, 6.07) is 70.9. The van der Waals surface area contributed by atoms with Crippen molar-refractivity contribution >= 4 is 43.6 Å². The minimum atomic E-state index is -0.715. The molecule has 0 aliphatic rings. The number of hydrogen-bond acceptors (Lipinski definition) is 3. The first-order chi connectivity index (χ1) is 32.5. The summed E-state index contributed by atoms with van der Waals surface area (Å²) in [7, 11) is 0. The van der Waals surface area contributed by atoms with Gasteiger partial charge < -0.3 is 9.13 Å². The normalized spacial score (nSPS) is 11.5. The third kappa shape index (κ3) is 6.43. The van der Waals surface area contributed by atoms with Crippen LogP contribution in [0.4, 0.5) is 8.78 Å². The third-order valence-corrected chi connectivity index (χ3v) is 12.5. The summed E-state index contributed by atoms with van der Waals surface area (Å²) in [5.74, 6) is -1.43. The fraction of sp³-hybridized carbons (Fsp3) is 0. The number of fused-ring (bicyclic) bond motifs is 6. The lowest BCUT2D eigenvalue weighted by atomic mass is 9.97. The molecule has 8 aromatic carbocycles. The first kappa shape index (κ1) is 38.7. The Morgan fingerprint density at radius 3 is 1.35 bits per heavy atom. The van der Waals surface area contributed by atoms with Gasteiger partial charge in [0.1, 0.15) is 23.3 Å². The lowest BCUT2D eigenvalue weighted by Gasteiger charge is -2.20. The van der Waals surface area contributed by atoms with Gasteiger partial charge in [0.05, 0.1) is 56.2 Å². The Balaban J connectivity index is 1.14. The fourth-order valence-corrected chi connectivity index (χ4v) is 9.54. The van der Waals surface area contributed by atoms with Crippen LogP contribution in [0.3, 0.4) is 0 Å². The maximum absolute atomic E-state index is 15.3. The second-order valence-electron chi connectivity index (χ2n) is 16.3. The number of aromatic nitrogens is 4. The van der Waals surface area contributed by atoms with Crippen LogP contribution in [0.2, 0.25) is 0 Å². The second kappa shape index (κ2) is 15.7. The minimum Gasteiger partial charge on any atom is -0.308 e. The molecule has 4 heterocycles. The fourth-order valence-electron chi connectivity index (χ4n) is 9.54. The number of para-hydroxylation sites is 2. The molecule has 12 rings (SSSR count). The molecular formula is C59H35F2N5. The number of benzene rings is 8. The highest BCUT2D eigenvalue weighted by atomic mass is 19.1. The summed E-state index contributed by atoms with van der Waals surface area (Å²) in [6.07, 6.45) is 0. The van der Waals surface area contributed by atoms with E-state index in [1.54, 1.807) is 0 Å². The molecule has 0 fully saturated rings. The zero-order valence-corrected chi connectivity index (χ0v) is 35.2. The van der Waals surface area contributed by atoms with E-state index in [9.17, 15) is 5.26 Å². The van der Waals surface area contributed by atoms with Gasteiger partial charge in [-0.05, 0) is 72.3 Å². The van der Waals surface area contributed by atoms with Gasteiger partial charge in [0.25, 0.3) is 0 Å². The minimum absolute atomic E-state index is 0.304. The van der Waals surface area contributed by atoms with E-state index in [-0.39, 0.29) is 0 Å². The molecule has 310 valence electrons. The van der Waals surface area contributed by atoms with Gasteiger partial charge in [-0.25, -0.2) is 18.7 Å². The number of hydrogen-bond donors (Lipinski definition) is 0. The van der Waals surface area contributed by atoms with Crippen molar-refractivity contribution in [2.45, 2.75) is 0 Å². The highest BCUT2D eigenvalue weighted by Gasteiger charge is 2.25. The van der Waals surface area contributed by atoms with Crippen LogP contribution in [-0.2, 0) is 0 Å². The summed E-state index contributed by atoms with van der Waals surface area (Å²) in [4.78, 5) is 10.2. The van der Waals surface area contributed by atoms with E-state index in [0.717, 1.165) is 94.7 Å². The number of nitriles is 1. The van der Waals surface area contributed by atoms with Gasteiger partial charge >= 0.3 is 0 Å². The summed E-state index contributed by atoms with van der Waals surface area (Å²) in [6.45, 7) is 0. The molecule has 0 unspecified atom stereocenters. The molecule has 0 atom stereocenters. The van der Waals surface area contributed by atoms with Crippen LogP contribution in [0.15, 0.2) is 212 Å². The summed E-state index contributed by atoms with van der Waals surface area (Å²) in [5.41, 5.74) is 12.8. The predicted molar refractivity (Wildman–Crippen MR) is 263 cm³/mol. The number of rotatable bonds is 7. The molecule has 0 bridgehead atoms. The molecule has 0 N–H and O–H groups in total. The Labute approximate surface area is 378 Å². The molecule has 0 spiro atoms. The first-order valence-corrected chi connectivity index (χ1v) is 21.7. The van der Waals surface area contributed by atoms with Crippen molar-refractivity contribution in [2.75, 3.05) is 0 Å². The number of pyridine rings is 2. The second-order valence-corrected chi connectivity index (χ2v) is 16.3. The molecule has 12 aromatic rings. The van der Waals surface area contributed by atoms with Gasteiger partial charge in [-0.2, -0.15) is 5.26 Å². The first-order valence-electron chi connectivity index (χ1n) is 21.7. The van der Waals surface area contributed by atoms with E-state index in [1.807, 2.05) is 140 Å². The average molecular weight is 852 g/mol. The summed E-state index contributed by atoms with van der Waals surface area (Å²) in [5, 5.41) is 15.6. The van der Waals surface area contributed by atoms with Crippen LogP contribution in [0.5, 0.6) is 0 Å². The highest BCUT2D eigenvalue weighted by Crippen LogP contribution is 2.43. The van der Waals surface area contributed by atoms with E-state index >= 15 is 8.78 Å². The molecule has 0 saturated carbocycles.